The summed E-state index contributed by atoms with van der Waals surface area (Å²) in [5, 5.41) is 7.66. The van der Waals surface area contributed by atoms with Gasteiger partial charge in [0.05, 0.1) is 6.61 Å². The zero-order chi connectivity index (χ0) is 11.7. The zero-order valence-electron chi connectivity index (χ0n) is 8.67. The minimum Gasteiger partial charge on any atom is -0.462 e. The Balaban J connectivity index is 2.47. The first-order chi connectivity index (χ1) is 7.65. The molecule has 0 saturated heterocycles. The van der Waals surface area contributed by atoms with E-state index in [9.17, 15) is 4.79 Å². The van der Waals surface area contributed by atoms with Crippen molar-refractivity contribution in [2.45, 2.75) is 25.7 Å². The van der Waals surface area contributed by atoms with Gasteiger partial charge in [-0.1, -0.05) is 23.2 Å². The molecule has 0 spiro atoms. The summed E-state index contributed by atoms with van der Waals surface area (Å²) in [6, 6.07) is 0. The van der Waals surface area contributed by atoms with Crippen molar-refractivity contribution in [2.75, 3.05) is 6.61 Å². The van der Waals surface area contributed by atoms with Gasteiger partial charge in [0.2, 0.25) is 0 Å². The molecule has 1 saturated carbocycles. The predicted molar refractivity (Wildman–Crippen MR) is 60.0 cm³/mol. The van der Waals surface area contributed by atoms with E-state index in [1.54, 1.807) is 6.92 Å². The monoisotopic (exact) mass is 260 g/mol. The van der Waals surface area contributed by atoms with E-state index in [4.69, 9.17) is 27.9 Å². The van der Waals surface area contributed by atoms with Crippen molar-refractivity contribution < 1.29 is 9.53 Å². The van der Waals surface area contributed by atoms with Gasteiger partial charge in [-0.2, -0.15) is 0 Å². The number of esters is 1. The summed E-state index contributed by atoms with van der Waals surface area (Å²) in [5.41, 5.74) is 0.950. The lowest BCUT2D eigenvalue weighted by Crippen LogP contribution is -2.11. The number of carbonyl (C=O) groups is 1. The lowest BCUT2D eigenvalue weighted by Gasteiger charge is -2.09. The number of hydrogen-bond acceptors (Lipinski definition) is 4. The highest BCUT2D eigenvalue weighted by Gasteiger charge is 2.33. The lowest BCUT2D eigenvalue weighted by molar-refractivity contribution is 0.0524. The van der Waals surface area contributed by atoms with Crippen molar-refractivity contribution >= 4 is 29.2 Å². The Morgan fingerprint density at radius 1 is 1.38 bits per heavy atom. The minimum atomic E-state index is -0.480. The standard InChI is InChI=1S/C10H10Cl2N2O2/c1-2-16-10(15)7-6(5-3-4-5)8(11)13-14-9(7)12/h5H,2-4H2,1H3. The van der Waals surface area contributed by atoms with Crippen molar-refractivity contribution in [3.05, 3.63) is 21.4 Å². The second kappa shape index (κ2) is 4.55. The highest BCUT2D eigenvalue weighted by molar-refractivity contribution is 6.34. The van der Waals surface area contributed by atoms with E-state index >= 15 is 0 Å². The van der Waals surface area contributed by atoms with Crippen LogP contribution in [0.25, 0.3) is 0 Å². The molecule has 0 unspecified atom stereocenters. The molecule has 16 heavy (non-hydrogen) atoms. The number of hydrogen-bond donors (Lipinski definition) is 0. The van der Waals surface area contributed by atoms with Crippen molar-refractivity contribution in [1.29, 1.82) is 0 Å². The summed E-state index contributed by atoms with van der Waals surface area (Å²) >= 11 is 11.8. The maximum atomic E-state index is 11.7. The van der Waals surface area contributed by atoms with Gasteiger partial charge in [-0.05, 0) is 25.7 Å². The molecular weight excluding hydrogens is 251 g/mol. The molecule has 86 valence electrons. The van der Waals surface area contributed by atoms with Crippen LogP contribution in [0.1, 0.15) is 41.6 Å². The molecule has 0 atom stereocenters. The topological polar surface area (TPSA) is 52.1 Å². The van der Waals surface area contributed by atoms with Crippen LogP contribution in [-0.4, -0.2) is 22.8 Å². The third kappa shape index (κ3) is 2.13. The molecule has 0 bridgehead atoms. The molecule has 0 aromatic carbocycles. The highest BCUT2D eigenvalue weighted by Crippen LogP contribution is 2.45. The van der Waals surface area contributed by atoms with E-state index in [2.05, 4.69) is 10.2 Å². The number of carbonyl (C=O) groups excluding carboxylic acids is 1. The third-order valence-electron chi connectivity index (χ3n) is 2.39. The number of halogens is 2. The molecule has 2 rings (SSSR count). The molecule has 1 aromatic heterocycles. The van der Waals surface area contributed by atoms with Crippen molar-refractivity contribution in [1.82, 2.24) is 10.2 Å². The number of rotatable bonds is 3. The van der Waals surface area contributed by atoms with E-state index < -0.39 is 5.97 Å². The van der Waals surface area contributed by atoms with E-state index in [1.165, 1.54) is 0 Å². The molecule has 1 heterocycles. The summed E-state index contributed by atoms with van der Waals surface area (Å²) in [6.07, 6.45) is 1.99. The SMILES string of the molecule is CCOC(=O)c1c(Cl)nnc(Cl)c1C1CC1. The zero-order valence-corrected chi connectivity index (χ0v) is 10.2. The van der Waals surface area contributed by atoms with Gasteiger partial charge in [-0.3, -0.25) is 0 Å². The molecule has 0 N–H and O–H groups in total. The van der Waals surface area contributed by atoms with Gasteiger partial charge in [0.1, 0.15) is 5.56 Å². The van der Waals surface area contributed by atoms with Gasteiger partial charge >= 0.3 is 5.97 Å². The summed E-state index contributed by atoms with van der Waals surface area (Å²) < 4.78 is 4.93. The van der Waals surface area contributed by atoms with E-state index in [0.29, 0.717) is 12.2 Å². The minimum absolute atomic E-state index is 0.0600. The first-order valence-corrected chi connectivity index (χ1v) is 5.79. The highest BCUT2D eigenvalue weighted by atomic mass is 35.5. The second-order valence-electron chi connectivity index (χ2n) is 3.57. The molecule has 1 fully saturated rings. The molecular formula is C10H10Cl2N2O2. The Labute approximate surface area is 103 Å². The average Bonchev–Trinajstić information content (AvgIpc) is 3.05. The van der Waals surface area contributed by atoms with E-state index in [-0.39, 0.29) is 21.8 Å². The number of aromatic nitrogens is 2. The van der Waals surface area contributed by atoms with Crippen LogP contribution in [0, 0.1) is 0 Å². The Bertz CT molecular complexity index is 433. The molecule has 6 heteroatoms. The van der Waals surface area contributed by atoms with Crippen LogP contribution in [0.4, 0.5) is 0 Å². The predicted octanol–water partition coefficient (Wildman–Crippen LogP) is 2.84. The normalized spacial score (nSPS) is 14.9. The van der Waals surface area contributed by atoms with Crippen LogP contribution in [-0.2, 0) is 4.74 Å². The Hall–Kier alpha value is -0.870. The number of nitrogens with zero attached hydrogens (tertiary/aromatic N) is 2. The van der Waals surface area contributed by atoms with Crippen LogP contribution < -0.4 is 0 Å². The Kier molecular flexibility index (Phi) is 3.30. The fourth-order valence-electron chi connectivity index (χ4n) is 1.55. The van der Waals surface area contributed by atoms with Gasteiger partial charge < -0.3 is 4.74 Å². The first-order valence-electron chi connectivity index (χ1n) is 5.03. The van der Waals surface area contributed by atoms with Gasteiger partial charge in [-0.25, -0.2) is 4.79 Å². The van der Waals surface area contributed by atoms with Gasteiger partial charge in [0.25, 0.3) is 0 Å². The fraction of sp³-hybridized carbons (Fsp3) is 0.500. The van der Waals surface area contributed by atoms with E-state index in [0.717, 1.165) is 12.8 Å². The van der Waals surface area contributed by atoms with Gasteiger partial charge in [-0.15, -0.1) is 10.2 Å². The molecule has 0 aliphatic heterocycles. The van der Waals surface area contributed by atoms with E-state index in [1.807, 2.05) is 0 Å². The summed E-state index contributed by atoms with van der Waals surface area (Å²) in [5.74, 6) is -0.217. The smallest absolute Gasteiger partial charge is 0.341 e. The summed E-state index contributed by atoms with van der Waals surface area (Å²) in [4.78, 5) is 11.7. The van der Waals surface area contributed by atoms with Crippen LogP contribution in [0.5, 0.6) is 0 Å². The lowest BCUT2D eigenvalue weighted by atomic mass is 10.1. The molecule has 0 radical (unpaired) electrons. The fourth-order valence-corrected chi connectivity index (χ4v) is 2.05. The second-order valence-corrected chi connectivity index (χ2v) is 4.28. The van der Waals surface area contributed by atoms with Crippen LogP contribution in [0.3, 0.4) is 0 Å². The maximum absolute atomic E-state index is 11.7. The van der Waals surface area contributed by atoms with Gasteiger partial charge in [0, 0.05) is 5.56 Å². The van der Waals surface area contributed by atoms with Crippen LogP contribution in [0.15, 0.2) is 0 Å². The summed E-state index contributed by atoms with van der Waals surface area (Å²) in [7, 11) is 0. The Morgan fingerprint density at radius 3 is 2.56 bits per heavy atom. The van der Waals surface area contributed by atoms with Crippen LogP contribution >= 0.6 is 23.2 Å². The maximum Gasteiger partial charge on any atom is 0.341 e. The quantitative estimate of drug-likeness (QED) is 0.785. The molecule has 1 aliphatic carbocycles. The molecule has 1 aromatic rings. The van der Waals surface area contributed by atoms with Crippen molar-refractivity contribution in [3.8, 4) is 0 Å². The largest absolute Gasteiger partial charge is 0.462 e. The molecule has 0 amide bonds. The number of ether oxygens (including phenoxy) is 1. The van der Waals surface area contributed by atoms with Crippen molar-refractivity contribution in [2.24, 2.45) is 0 Å². The Morgan fingerprint density at radius 2 is 2.00 bits per heavy atom. The van der Waals surface area contributed by atoms with Gasteiger partial charge in [0.15, 0.2) is 10.3 Å². The molecule has 4 nitrogen and oxygen atoms in total. The van der Waals surface area contributed by atoms with Crippen LogP contribution in [0.2, 0.25) is 10.3 Å². The molecule has 1 aliphatic rings. The first kappa shape index (κ1) is 11.6. The summed E-state index contributed by atoms with van der Waals surface area (Å²) in [6.45, 7) is 2.03. The average molecular weight is 261 g/mol. The third-order valence-corrected chi connectivity index (χ3v) is 2.93. The van der Waals surface area contributed by atoms with Crippen molar-refractivity contribution in [3.63, 3.8) is 0 Å².